The van der Waals surface area contributed by atoms with Gasteiger partial charge in [-0.2, -0.15) is 0 Å². The van der Waals surface area contributed by atoms with Crippen LogP contribution in [-0.2, 0) is 4.74 Å². The molecule has 2 heterocycles. The molecule has 0 aliphatic carbocycles. The molecule has 10 nitrogen and oxygen atoms in total. The number of carbonyl (C=O) groups excluding carboxylic acids is 1. The van der Waals surface area contributed by atoms with Gasteiger partial charge in [0.1, 0.15) is 30.1 Å². The summed E-state index contributed by atoms with van der Waals surface area (Å²) in [6, 6.07) is 0. The Morgan fingerprint density at radius 1 is 1.24 bits per heavy atom. The molecular formula is C15H23N3O7. The molecule has 0 spiro atoms. The lowest BCUT2D eigenvalue weighted by molar-refractivity contribution is -0.152. The Kier molecular flexibility index (Phi) is 5.07. The van der Waals surface area contributed by atoms with Gasteiger partial charge in [0, 0.05) is 11.8 Å². The summed E-state index contributed by atoms with van der Waals surface area (Å²) in [5, 5.41) is 30.2. The van der Waals surface area contributed by atoms with Gasteiger partial charge in [-0.1, -0.05) is 0 Å². The number of nitrogens with zero attached hydrogens (tertiary/aromatic N) is 2. The van der Waals surface area contributed by atoms with Crippen molar-refractivity contribution >= 4 is 6.09 Å². The van der Waals surface area contributed by atoms with Crippen molar-refractivity contribution in [3.8, 4) is 0 Å². The smallest absolute Gasteiger partial charge is 0.412 e. The Hall–Kier alpha value is -2.17. The molecule has 0 aromatic carbocycles. The van der Waals surface area contributed by atoms with E-state index in [0.717, 1.165) is 9.47 Å². The van der Waals surface area contributed by atoms with Crippen molar-refractivity contribution in [2.75, 3.05) is 6.54 Å². The third kappa shape index (κ3) is 3.91. The number of aryl methyl sites for hydroxylation is 1. The van der Waals surface area contributed by atoms with E-state index >= 15 is 0 Å². The molecule has 0 saturated carbocycles. The van der Waals surface area contributed by atoms with Crippen LogP contribution in [0.5, 0.6) is 0 Å². The number of ether oxygens (including phenoxy) is 1. The number of β-amino-alcohol motifs (C(OH)–C–C–N with tert-alkyl or cyclic N) is 1. The Labute approximate surface area is 143 Å². The van der Waals surface area contributed by atoms with Crippen molar-refractivity contribution in [1.82, 2.24) is 14.5 Å². The molecular weight excluding hydrogens is 334 g/mol. The van der Waals surface area contributed by atoms with E-state index in [1.807, 2.05) is 0 Å². The molecule has 2 rings (SSSR count). The van der Waals surface area contributed by atoms with Crippen molar-refractivity contribution in [2.45, 2.75) is 57.8 Å². The predicted molar refractivity (Wildman–Crippen MR) is 86.1 cm³/mol. The van der Waals surface area contributed by atoms with Gasteiger partial charge < -0.3 is 20.1 Å². The van der Waals surface area contributed by atoms with Gasteiger partial charge in [-0.3, -0.25) is 19.2 Å². The van der Waals surface area contributed by atoms with Crippen LogP contribution >= 0.6 is 0 Å². The first-order valence-electron chi connectivity index (χ1n) is 7.78. The summed E-state index contributed by atoms with van der Waals surface area (Å²) in [5.41, 5.74) is -2.14. The molecule has 1 amide bonds. The highest BCUT2D eigenvalue weighted by Crippen LogP contribution is 2.28. The van der Waals surface area contributed by atoms with Crippen LogP contribution in [0.4, 0.5) is 4.79 Å². The number of aliphatic hydroxyl groups excluding tert-OH is 3. The van der Waals surface area contributed by atoms with Gasteiger partial charge in [0.2, 0.25) is 0 Å². The lowest BCUT2D eigenvalue weighted by atomic mass is 9.98. The van der Waals surface area contributed by atoms with Gasteiger partial charge in [-0.05, 0) is 27.7 Å². The van der Waals surface area contributed by atoms with E-state index in [0.29, 0.717) is 0 Å². The predicted octanol–water partition coefficient (Wildman–Crippen LogP) is -1.32. The number of H-pyrrole nitrogens is 1. The first-order chi connectivity index (χ1) is 11.4. The van der Waals surface area contributed by atoms with Gasteiger partial charge in [0.25, 0.3) is 5.56 Å². The largest absolute Gasteiger partial charge is 0.444 e. The maximum absolute atomic E-state index is 12.5. The number of hydrogen-bond donors (Lipinski definition) is 4. The molecule has 140 valence electrons. The monoisotopic (exact) mass is 357 g/mol. The van der Waals surface area contributed by atoms with Crippen LogP contribution in [0, 0.1) is 6.92 Å². The zero-order valence-electron chi connectivity index (χ0n) is 14.5. The first kappa shape index (κ1) is 19.2. The number of aromatic amines is 1. The normalized spacial score (nSPS) is 27.2. The second-order valence-corrected chi connectivity index (χ2v) is 7.07. The quantitative estimate of drug-likeness (QED) is 0.487. The molecule has 0 unspecified atom stereocenters. The van der Waals surface area contributed by atoms with Gasteiger partial charge in [-0.25, -0.2) is 9.59 Å². The molecule has 1 aliphatic heterocycles. The fourth-order valence-corrected chi connectivity index (χ4v) is 2.61. The number of likely N-dealkylation sites (tertiary alicyclic amines) is 1. The summed E-state index contributed by atoms with van der Waals surface area (Å²) < 4.78 is 6.18. The molecule has 1 saturated heterocycles. The highest BCUT2D eigenvalue weighted by molar-refractivity contribution is 5.68. The van der Waals surface area contributed by atoms with Crippen molar-refractivity contribution in [2.24, 2.45) is 0 Å². The molecule has 0 bridgehead atoms. The van der Waals surface area contributed by atoms with Crippen LogP contribution < -0.4 is 11.2 Å². The molecule has 1 aromatic rings. The minimum absolute atomic E-state index is 0.177. The lowest BCUT2D eigenvalue weighted by Gasteiger charge is -2.44. The summed E-state index contributed by atoms with van der Waals surface area (Å²) in [6.07, 6.45) is -5.72. The van der Waals surface area contributed by atoms with Crippen molar-refractivity contribution in [1.29, 1.82) is 0 Å². The minimum Gasteiger partial charge on any atom is -0.444 e. The summed E-state index contributed by atoms with van der Waals surface area (Å²) >= 11 is 0. The molecule has 1 aliphatic rings. The summed E-state index contributed by atoms with van der Waals surface area (Å²) in [7, 11) is 0. The minimum atomic E-state index is -1.67. The van der Waals surface area contributed by atoms with E-state index in [1.165, 1.54) is 13.1 Å². The Morgan fingerprint density at radius 2 is 1.84 bits per heavy atom. The fourth-order valence-electron chi connectivity index (χ4n) is 2.61. The number of nitrogens with one attached hydrogen (secondary N) is 1. The number of aromatic nitrogens is 2. The van der Waals surface area contributed by atoms with E-state index in [2.05, 4.69) is 4.98 Å². The van der Waals surface area contributed by atoms with E-state index in [4.69, 9.17) is 4.74 Å². The van der Waals surface area contributed by atoms with Gasteiger partial charge >= 0.3 is 11.8 Å². The number of carbonyl (C=O) groups is 1. The number of amides is 1. The average Bonchev–Trinajstić information content (AvgIpc) is 2.47. The van der Waals surface area contributed by atoms with E-state index < -0.39 is 47.4 Å². The Morgan fingerprint density at radius 3 is 2.40 bits per heavy atom. The average molecular weight is 357 g/mol. The number of rotatable bonds is 1. The topological polar surface area (TPSA) is 145 Å². The standard InChI is InChI=1S/C15H23N3O7/c1-7-5-17(13(23)16-11(7)22)12-10(21)9(20)8(19)6-18(12)14(24)25-15(2,3)4/h5,8-10,12,19-21H,6H2,1-4H3,(H,16,22,23)/t8-,9+,10-,12-/m0/s1. The molecule has 10 heteroatoms. The second-order valence-electron chi connectivity index (χ2n) is 7.07. The van der Waals surface area contributed by atoms with Crippen molar-refractivity contribution in [3.63, 3.8) is 0 Å². The SMILES string of the molecule is Cc1cn([C@@H]2[C@@H](O)[C@H](O)[C@@H](O)CN2C(=O)OC(C)(C)C)c(=O)[nH]c1=O. The van der Waals surface area contributed by atoms with Gasteiger partial charge in [0.05, 0.1) is 6.54 Å². The van der Waals surface area contributed by atoms with E-state index in [9.17, 15) is 29.7 Å². The van der Waals surface area contributed by atoms with Crippen LogP contribution in [0.3, 0.4) is 0 Å². The third-order valence-corrected chi connectivity index (χ3v) is 3.81. The highest BCUT2D eigenvalue weighted by Gasteiger charge is 2.46. The zero-order valence-corrected chi connectivity index (χ0v) is 14.5. The van der Waals surface area contributed by atoms with Crippen LogP contribution in [0.1, 0.15) is 32.5 Å². The highest BCUT2D eigenvalue weighted by atomic mass is 16.6. The molecule has 25 heavy (non-hydrogen) atoms. The van der Waals surface area contributed by atoms with Gasteiger partial charge in [-0.15, -0.1) is 0 Å². The van der Waals surface area contributed by atoms with Crippen LogP contribution in [-0.4, -0.2) is 66.3 Å². The van der Waals surface area contributed by atoms with Crippen LogP contribution in [0.15, 0.2) is 15.8 Å². The molecule has 4 N–H and O–H groups in total. The van der Waals surface area contributed by atoms with E-state index in [1.54, 1.807) is 20.8 Å². The Balaban J connectivity index is 2.52. The van der Waals surface area contributed by atoms with Crippen molar-refractivity contribution < 1.29 is 24.9 Å². The van der Waals surface area contributed by atoms with Gasteiger partial charge in [0.15, 0.2) is 0 Å². The molecule has 1 aromatic heterocycles. The van der Waals surface area contributed by atoms with E-state index in [-0.39, 0.29) is 12.1 Å². The number of aliphatic hydroxyl groups is 3. The number of piperidine rings is 1. The van der Waals surface area contributed by atoms with Crippen molar-refractivity contribution in [3.05, 3.63) is 32.6 Å². The molecule has 0 radical (unpaired) electrons. The third-order valence-electron chi connectivity index (χ3n) is 3.81. The second kappa shape index (κ2) is 6.62. The molecule has 4 atom stereocenters. The Bertz CT molecular complexity index is 764. The first-order valence-corrected chi connectivity index (χ1v) is 7.78. The van der Waals surface area contributed by atoms with Crippen LogP contribution in [0.2, 0.25) is 0 Å². The summed E-state index contributed by atoms with van der Waals surface area (Å²) in [4.78, 5) is 39.2. The lowest BCUT2D eigenvalue weighted by Crippen LogP contribution is -2.62. The summed E-state index contributed by atoms with van der Waals surface area (Å²) in [6.45, 7) is 6.02. The fraction of sp³-hybridized carbons (Fsp3) is 0.667. The zero-order chi connectivity index (χ0) is 19.1. The maximum atomic E-state index is 12.5. The molecule has 1 fully saturated rings. The number of hydrogen-bond acceptors (Lipinski definition) is 7. The summed E-state index contributed by atoms with van der Waals surface area (Å²) in [5.74, 6) is 0. The van der Waals surface area contributed by atoms with Crippen LogP contribution in [0.25, 0.3) is 0 Å². The maximum Gasteiger partial charge on any atom is 0.412 e.